The zero-order valence-electron chi connectivity index (χ0n) is 9.97. The molecule has 3 nitrogen and oxygen atoms in total. The van der Waals surface area contributed by atoms with Gasteiger partial charge < -0.3 is 10.4 Å². The molecule has 2 N–H and O–H groups in total. The van der Waals surface area contributed by atoms with Crippen molar-refractivity contribution in [1.29, 1.82) is 0 Å². The van der Waals surface area contributed by atoms with Gasteiger partial charge in [-0.2, -0.15) is 0 Å². The Labute approximate surface area is 114 Å². The van der Waals surface area contributed by atoms with Gasteiger partial charge in [0, 0.05) is 10.6 Å². The molecular weight excluding hydrogens is 265 g/mol. The summed E-state index contributed by atoms with van der Waals surface area (Å²) < 4.78 is 12.7. The third-order valence-corrected chi connectivity index (χ3v) is 3.41. The number of rotatable bonds is 4. The highest BCUT2D eigenvalue weighted by Crippen LogP contribution is 2.27. The number of halogens is 1. The minimum Gasteiger partial charge on any atom is -0.507 e. The highest BCUT2D eigenvalue weighted by atomic mass is 32.2. The van der Waals surface area contributed by atoms with E-state index >= 15 is 0 Å². The summed E-state index contributed by atoms with van der Waals surface area (Å²) in [6.07, 6.45) is 0. The maximum absolute atomic E-state index is 12.7. The van der Waals surface area contributed by atoms with Crippen molar-refractivity contribution in [3.63, 3.8) is 0 Å². The van der Waals surface area contributed by atoms with Crippen molar-refractivity contribution in [3.8, 4) is 5.75 Å². The number of amides is 1. The van der Waals surface area contributed by atoms with E-state index in [1.54, 1.807) is 24.3 Å². The van der Waals surface area contributed by atoms with E-state index in [1.807, 2.05) is 0 Å². The second-order valence-electron chi connectivity index (χ2n) is 3.81. The summed E-state index contributed by atoms with van der Waals surface area (Å²) in [5.41, 5.74) is 0.546. The van der Waals surface area contributed by atoms with E-state index in [9.17, 15) is 14.3 Å². The van der Waals surface area contributed by atoms with Crippen molar-refractivity contribution in [2.75, 3.05) is 11.1 Å². The Hall–Kier alpha value is -2.01. The molecule has 0 aromatic heterocycles. The summed E-state index contributed by atoms with van der Waals surface area (Å²) in [6.45, 7) is 0. The number of nitrogens with one attached hydrogen (secondary N) is 1. The largest absolute Gasteiger partial charge is 0.507 e. The number of phenolic OH excluding ortho intramolecular Hbond substituents is 1. The van der Waals surface area contributed by atoms with E-state index in [0.717, 1.165) is 0 Å². The predicted molar refractivity (Wildman–Crippen MR) is 73.9 cm³/mol. The fraction of sp³-hybridized carbons (Fsp3) is 0.0714. The molecule has 19 heavy (non-hydrogen) atoms. The summed E-state index contributed by atoms with van der Waals surface area (Å²) in [4.78, 5) is 12.3. The summed E-state index contributed by atoms with van der Waals surface area (Å²) in [7, 11) is 0. The lowest BCUT2D eigenvalue weighted by molar-refractivity contribution is -0.113. The van der Waals surface area contributed by atoms with Crippen LogP contribution in [0.3, 0.4) is 0 Å². The first kappa shape index (κ1) is 13.4. The second-order valence-corrected chi connectivity index (χ2v) is 4.83. The molecule has 0 bridgehead atoms. The van der Waals surface area contributed by atoms with Gasteiger partial charge >= 0.3 is 0 Å². The van der Waals surface area contributed by atoms with Gasteiger partial charge in [-0.15, -0.1) is 11.8 Å². The third kappa shape index (κ3) is 3.99. The first-order valence-corrected chi connectivity index (χ1v) is 6.60. The van der Waals surface area contributed by atoms with Crippen LogP contribution in [-0.4, -0.2) is 16.8 Å². The van der Waals surface area contributed by atoms with Gasteiger partial charge in [0.15, 0.2) is 0 Å². The van der Waals surface area contributed by atoms with Crippen LogP contribution in [0.15, 0.2) is 53.4 Å². The number of hydrogen-bond acceptors (Lipinski definition) is 3. The number of hydrogen-bond donors (Lipinski definition) is 2. The number of anilines is 1. The van der Waals surface area contributed by atoms with Crippen molar-refractivity contribution in [2.24, 2.45) is 0 Å². The number of para-hydroxylation sites is 1. The molecule has 0 heterocycles. The Morgan fingerprint density at radius 3 is 2.53 bits per heavy atom. The molecule has 0 spiro atoms. The van der Waals surface area contributed by atoms with Crippen LogP contribution in [0.4, 0.5) is 10.1 Å². The fourth-order valence-corrected chi connectivity index (χ4v) is 2.20. The Balaban J connectivity index is 1.88. The van der Waals surface area contributed by atoms with Crippen LogP contribution < -0.4 is 5.32 Å². The molecule has 1 amide bonds. The molecule has 0 aliphatic carbocycles. The first-order valence-electron chi connectivity index (χ1n) is 5.61. The normalized spacial score (nSPS) is 10.2. The van der Waals surface area contributed by atoms with Gasteiger partial charge in [0.25, 0.3) is 0 Å². The highest BCUT2D eigenvalue weighted by Gasteiger charge is 2.06. The van der Waals surface area contributed by atoms with E-state index in [-0.39, 0.29) is 23.2 Å². The van der Waals surface area contributed by atoms with Gasteiger partial charge in [0.1, 0.15) is 11.6 Å². The monoisotopic (exact) mass is 277 g/mol. The zero-order valence-corrected chi connectivity index (χ0v) is 10.8. The van der Waals surface area contributed by atoms with Crippen molar-refractivity contribution in [1.82, 2.24) is 0 Å². The van der Waals surface area contributed by atoms with Crippen LogP contribution in [0.2, 0.25) is 0 Å². The SMILES string of the molecule is O=C(CSc1ccccc1O)Nc1ccc(F)cc1. The van der Waals surface area contributed by atoms with E-state index in [0.29, 0.717) is 10.6 Å². The number of carbonyl (C=O) groups excluding carboxylic acids is 1. The molecule has 0 aliphatic rings. The van der Waals surface area contributed by atoms with E-state index in [4.69, 9.17) is 0 Å². The molecule has 0 fully saturated rings. The molecule has 0 saturated heterocycles. The van der Waals surface area contributed by atoms with Crippen molar-refractivity contribution < 1.29 is 14.3 Å². The topological polar surface area (TPSA) is 49.3 Å². The van der Waals surface area contributed by atoms with E-state index in [1.165, 1.54) is 36.0 Å². The predicted octanol–water partition coefficient (Wildman–Crippen LogP) is 3.26. The van der Waals surface area contributed by atoms with Gasteiger partial charge in [-0.25, -0.2) is 4.39 Å². The lowest BCUT2D eigenvalue weighted by atomic mass is 10.3. The number of benzene rings is 2. The molecule has 98 valence electrons. The van der Waals surface area contributed by atoms with Crippen molar-refractivity contribution >= 4 is 23.4 Å². The minimum absolute atomic E-state index is 0.155. The van der Waals surface area contributed by atoms with Crippen LogP contribution in [0.1, 0.15) is 0 Å². The standard InChI is InChI=1S/C14H12FNO2S/c15-10-5-7-11(8-6-10)16-14(18)9-19-13-4-2-1-3-12(13)17/h1-8,17H,9H2,(H,16,18). The molecule has 0 aliphatic heterocycles. The Bertz CT molecular complexity index is 572. The molecule has 0 radical (unpaired) electrons. The number of carbonyl (C=O) groups is 1. The number of thioether (sulfide) groups is 1. The quantitative estimate of drug-likeness (QED) is 0.843. The molecule has 0 unspecified atom stereocenters. The molecule has 5 heteroatoms. The van der Waals surface area contributed by atoms with Crippen LogP contribution in [0.5, 0.6) is 5.75 Å². The van der Waals surface area contributed by atoms with Crippen LogP contribution in [0.25, 0.3) is 0 Å². The first-order chi connectivity index (χ1) is 9.15. The molecule has 2 rings (SSSR count). The van der Waals surface area contributed by atoms with Crippen LogP contribution in [-0.2, 0) is 4.79 Å². The maximum atomic E-state index is 12.7. The smallest absolute Gasteiger partial charge is 0.234 e. The maximum Gasteiger partial charge on any atom is 0.234 e. The average Bonchev–Trinajstić information content (AvgIpc) is 2.40. The number of aromatic hydroxyl groups is 1. The summed E-state index contributed by atoms with van der Waals surface area (Å²) in [5.74, 6) is -0.224. The molecule has 0 atom stereocenters. The highest BCUT2D eigenvalue weighted by molar-refractivity contribution is 8.00. The second kappa shape index (κ2) is 6.24. The van der Waals surface area contributed by atoms with Gasteiger partial charge in [-0.3, -0.25) is 4.79 Å². The number of phenols is 1. The Kier molecular flexibility index (Phi) is 4.41. The van der Waals surface area contributed by atoms with Gasteiger partial charge in [-0.05, 0) is 36.4 Å². The minimum atomic E-state index is -0.346. The Morgan fingerprint density at radius 1 is 1.16 bits per heavy atom. The zero-order chi connectivity index (χ0) is 13.7. The summed E-state index contributed by atoms with van der Waals surface area (Å²) in [5, 5.41) is 12.2. The Morgan fingerprint density at radius 2 is 1.84 bits per heavy atom. The van der Waals surface area contributed by atoms with Crippen LogP contribution in [0, 0.1) is 5.82 Å². The van der Waals surface area contributed by atoms with Crippen LogP contribution >= 0.6 is 11.8 Å². The summed E-state index contributed by atoms with van der Waals surface area (Å²) in [6, 6.07) is 12.4. The van der Waals surface area contributed by atoms with E-state index in [2.05, 4.69) is 5.32 Å². The molecule has 2 aromatic rings. The lowest BCUT2D eigenvalue weighted by Crippen LogP contribution is -2.13. The van der Waals surface area contributed by atoms with E-state index < -0.39 is 0 Å². The van der Waals surface area contributed by atoms with Gasteiger partial charge in [0.2, 0.25) is 5.91 Å². The summed E-state index contributed by atoms with van der Waals surface area (Å²) >= 11 is 1.24. The van der Waals surface area contributed by atoms with Gasteiger partial charge in [0.05, 0.1) is 5.75 Å². The van der Waals surface area contributed by atoms with Crippen molar-refractivity contribution in [3.05, 3.63) is 54.3 Å². The van der Waals surface area contributed by atoms with Crippen molar-refractivity contribution in [2.45, 2.75) is 4.90 Å². The average molecular weight is 277 g/mol. The lowest BCUT2D eigenvalue weighted by Gasteiger charge is -2.06. The molecule has 0 saturated carbocycles. The molecular formula is C14H12FNO2S. The van der Waals surface area contributed by atoms with Gasteiger partial charge in [-0.1, -0.05) is 12.1 Å². The molecule has 2 aromatic carbocycles. The fourth-order valence-electron chi connectivity index (χ4n) is 1.45. The third-order valence-electron chi connectivity index (χ3n) is 2.35.